The van der Waals surface area contributed by atoms with Crippen LogP contribution in [0.3, 0.4) is 0 Å². The number of aromatic hydroxyl groups is 1. The number of esters is 1. The minimum absolute atomic E-state index is 0.0801. The van der Waals surface area contributed by atoms with Crippen LogP contribution in [0.25, 0.3) is 0 Å². The fourth-order valence-electron chi connectivity index (χ4n) is 2.53. The number of ether oxygens (including phenoxy) is 3. The van der Waals surface area contributed by atoms with E-state index in [1.807, 2.05) is 24.3 Å². The number of methoxy groups -OCH3 is 1. The Balaban J connectivity index is 1.74. The highest BCUT2D eigenvalue weighted by atomic mass is 16.5. The Hall–Kier alpha value is -3.02. The van der Waals surface area contributed by atoms with Gasteiger partial charge in [-0.2, -0.15) is 0 Å². The van der Waals surface area contributed by atoms with E-state index in [1.54, 1.807) is 12.1 Å². The molecule has 0 aliphatic heterocycles. The maximum absolute atomic E-state index is 11.6. The van der Waals surface area contributed by atoms with Gasteiger partial charge in [0.05, 0.1) is 20.3 Å². The van der Waals surface area contributed by atoms with Gasteiger partial charge in [-0.1, -0.05) is 18.2 Å². The third kappa shape index (κ3) is 6.33. The number of carbonyl (C=O) groups is 2. The van der Waals surface area contributed by atoms with Crippen molar-refractivity contribution < 1.29 is 28.9 Å². The molecule has 0 spiro atoms. The van der Waals surface area contributed by atoms with Gasteiger partial charge in [0.15, 0.2) is 5.78 Å². The average Bonchev–Trinajstić information content (AvgIpc) is 2.66. The lowest BCUT2D eigenvalue weighted by molar-refractivity contribution is -0.140. The van der Waals surface area contributed by atoms with Crippen LogP contribution in [-0.2, 0) is 16.0 Å². The maximum Gasteiger partial charge on any atom is 0.305 e. The number of aryl methyl sites for hydroxylation is 1. The number of carbonyl (C=O) groups excluding carboxylic acids is 2. The zero-order valence-electron chi connectivity index (χ0n) is 15.6. The standard InChI is InChI=1S/C21H24O6/c1-15(22)21-18(23)5-3-6-19(21)27-14-4-13-26-17-10-7-16(8-11-17)9-12-20(24)25-2/h3,5-8,10-11,23H,4,9,12-14H2,1-2H3. The van der Waals surface area contributed by atoms with Crippen LogP contribution in [0.15, 0.2) is 42.5 Å². The number of hydrogen-bond acceptors (Lipinski definition) is 6. The molecule has 0 fully saturated rings. The molecule has 0 bridgehead atoms. The van der Waals surface area contributed by atoms with Crippen molar-refractivity contribution in [3.8, 4) is 17.2 Å². The summed E-state index contributed by atoms with van der Waals surface area (Å²) in [5.74, 6) is 0.557. The van der Waals surface area contributed by atoms with Crippen LogP contribution in [0.5, 0.6) is 17.2 Å². The number of phenolic OH excluding ortho intramolecular Hbond substituents is 1. The maximum atomic E-state index is 11.6. The Morgan fingerprint density at radius 1 is 1.00 bits per heavy atom. The van der Waals surface area contributed by atoms with E-state index in [9.17, 15) is 14.7 Å². The van der Waals surface area contributed by atoms with Crippen molar-refractivity contribution in [2.24, 2.45) is 0 Å². The van der Waals surface area contributed by atoms with Gasteiger partial charge in [-0.15, -0.1) is 0 Å². The van der Waals surface area contributed by atoms with Gasteiger partial charge in [-0.25, -0.2) is 0 Å². The highest BCUT2D eigenvalue weighted by molar-refractivity contribution is 5.99. The second kappa shape index (κ2) is 10.2. The molecule has 2 aromatic rings. The van der Waals surface area contributed by atoms with Crippen LogP contribution in [0, 0.1) is 0 Å². The molecular weight excluding hydrogens is 348 g/mol. The molecule has 1 N–H and O–H groups in total. The molecule has 2 aromatic carbocycles. The molecular formula is C21H24O6. The third-order valence-electron chi connectivity index (χ3n) is 3.94. The molecule has 0 aliphatic carbocycles. The Kier molecular flexibility index (Phi) is 7.67. The first-order valence-corrected chi connectivity index (χ1v) is 8.75. The summed E-state index contributed by atoms with van der Waals surface area (Å²) in [5, 5.41) is 9.77. The fraction of sp³-hybridized carbons (Fsp3) is 0.333. The lowest BCUT2D eigenvalue weighted by Crippen LogP contribution is -2.07. The number of hydrogen-bond donors (Lipinski definition) is 1. The summed E-state index contributed by atoms with van der Waals surface area (Å²) in [6.45, 7) is 2.20. The van der Waals surface area contributed by atoms with Crippen LogP contribution >= 0.6 is 0 Å². The molecule has 27 heavy (non-hydrogen) atoms. The molecule has 0 saturated carbocycles. The number of phenols is 1. The second-order valence-electron chi connectivity index (χ2n) is 5.98. The molecule has 2 rings (SSSR count). The van der Waals surface area contributed by atoms with Crippen LogP contribution in [0.4, 0.5) is 0 Å². The van der Waals surface area contributed by atoms with Crippen molar-refractivity contribution in [1.82, 2.24) is 0 Å². The average molecular weight is 372 g/mol. The summed E-state index contributed by atoms with van der Waals surface area (Å²) in [5.41, 5.74) is 1.23. The summed E-state index contributed by atoms with van der Waals surface area (Å²) < 4.78 is 15.9. The lowest BCUT2D eigenvalue weighted by Gasteiger charge is -2.11. The number of Topliss-reactive ketones (excluding diaryl/α,β-unsaturated/α-hetero) is 1. The van der Waals surface area contributed by atoms with Gasteiger partial charge >= 0.3 is 5.97 Å². The molecule has 0 radical (unpaired) electrons. The molecule has 144 valence electrons. The van der Waals surface area contributed by atoms with E-state index >= 15 is 0 Å². The summed E-state index contributed by atoms with van der Waals surface area (Å²) in [4.78, 5) is 22.7. The SMILES string of the molecule is COC(=O)CCc1ccc(OCCCOc2cccc(O)c2C(C)=O)cc1. The van der Waals surface area contributed by atoms with Crippen molar-refractivity contribution in [2.75, 3.05) is 20.3 Å². The van der Waals surface area contributed by atoms with Crippen LogP contribution < -0.4 is 9.47 Å². The molecule has 0 atom stereocenters. The van der Waals surface area contributed by atoms with Gasteiger partial charge in [0.25, 0.3) is 0 Å². The number of ketones is 1. The smallest absolute Gasteiger partial charge is 0.305 e. The summed E-state index contributed by atoms with van der Waals surface area (Å²) in [7, 11) is 1.38. The molecule has 0 aromatic heterocycles. The van der Waals surface area contributed by atoms with Gasteiger partial charge in [0.2, 0.25) is 0 Å². The largest absolute Gasteiger partial charge is 0.507 e. The number of rotatable bonds is 10. The fourth-order valence-corrected chi connectivity index (χ4v) is 2.53. The van der Waals surface area contributed by atoms with E-state index in [0.717, 1.165) is 11.3 Å². The van der Waals surface area contributed by atoms with Gasteiger partial charge < -0.3 is 19.3 Å². The summed E-state index contributed by atoms with van der Waals surface area (Å²) in [6.07, 6.45) is 1.60. The van der Waals surface area contributed by atoms with Crippen LogP contribution in [-0.4, -0.2) is 37.2 Å². The molecule has 0 amide bonds. The van der Waals surface area contributed by atoms with Crippen LogP contribution in [0.1, 0.15) is 35.7 Å². The van der Waals surface area contributed by atoms with E-state index in [0.29, 0.717) is 38.2 Å². The van der Waals surface area contributed by atoms with E-state index in [1.165, 1.54) is 20.1 Å². The Bertz CT molecular complexity index is 767. The summed E-state index contributed by atoms with van der Waals surface area (Å²) in [6, 6.07) is 12.3. The predicted octanol–water partition coefficient (Wildman–Crippen LogP) is 3.55. The minimum atomic E-state index is -0.244. The number of benzene rings is 2. The van der Waals surface area contributed by atoms with Gasteiger partial charge in [0.1, 0.15) is 22.8 Å². The van der Waals surface area contributed by atoms with Crippen molar-refractivity contribution in [3.63, 3.8) is 0 Å². The summed E-state index contributed by atoms with van der Waals surface area (Å²) >= 11 is 0. The lowest BCUT2D eigenvalue weighted by atomic mass is 10.1. The zero-order chi connectivity index (χ0) is 19.6. The zero-order valence-corrected chi connectivity index (χ0v) is 15.6. The molecule has 6 heteroatoms. The topological polar surface area (TPSA) is 82.1 Å². The van der Waals surface area contributed by atoms with Gasteiger partial charge in [-0.05, 0) is 43.2 Å². The minimum Gasteiger partial charge on any atom is -0.507 e. The van der Waals surface area contributed by atoms with E-state index in [4.69, 9.17) is 9.47 Å². The molecule has 0 heterocycles. The van der Waals surface area contributed by atoms with Gasteiger partial charge in [-0.3, -0.25) is 9.59 Å². The van der Waals surface area contributed by atoms with E-state index < -0.39 is 0 Å². The highest BCUT2D eigenvalue weighted by Crippen LogP contribution is 2.27. The van der Waals surface area contributed by atoms with E-state index in [-0.39, 0.29) is 23.1 Å². The van der Waals surface area contributed by atoms with Crippen LogP contribution in [0.2, 0.25) is 0 Å². The van der Waals surface area contributed by atoms with E-state index in [2.05, 4.69) is 4.74 Å². The Labute approximate surface area is 158 Å². The Morgan fingerprint density at radius 2 is 1.70 bits per heavy atom. The molecule has 6 nitrogen and oxygen atoms in total. The quantitative estimate of drug-likeness (QED) is 0.390. The monoisotopic (exact) mass is 372 g/mol. The predicted molar refractivity (Wildman–Crippen MR) is 100 cm³/mol. The molecule has 0 unspecified atom stereocenters. The first kappa shape index (κ1) is 20.3. The molecule has 0 saturated heterocycles. The van der Waals surface area contributed by atoms with Crippen molar-refractivity contribution in [1.29, 1.82) is 0 Å². The Morgan fingerprint density at radius 3 is 2.37 bits per heavy atom. The highest BCUT2D eigenvalue weighted by Gasteiger charge is 2.13. The second-order valence-corrected chi connectivity index (χ2v) is 5.98. The normalized spacial score (nSPS) is 10.3. The van der Waals surface area contributed by atoms with Crippen molar-refractivity contribution in [2.45, 2.75) is 26.2 Å². The third-order valence-corrected chi connectivity index (χ3v) is 3.94. The first-order chi connectivity index (χ1) is 13.0. The first-order valence-electron chi connectivity index (χ1n) is 8.75. The van der Waals surface area contributed by atoms with Crippen molar-refractivity contribution in [3.05, 3.63) is 53.6 Å². The van der Waals surface area contributed by atoms with Gasteiger partial charge in [0, 0.05) is 12.8 Å². The van der Waals surface area contributed by atoms with Crippen molar-refractivity contribution >= 4 is 11.8 Å². The molecule has 0 aliphatic rings.